The van der Waals surface area contributed by atoms with Crippen LogP contribution in [0.25, 0.3) is 0 Å². The van der Waals surface area contributed by atoms with Crippen LogP contribution in [0.15, 0.2) is 58.7 Å². The standard InChI is InChI=1S/C26H37NO3/c1-20(13-14-23-22(3)11-7-15-26(23,4)5)9-6-10-21(2)19-25(29)30-18-17-27-16-8-12-24(27)28/h6,9-10,13-14,19H,7-8,11-12,15-18H2,1-5H3/b10-6?,14-13+,20-9?,21-19-. The first-order chi connectivity index (χ1) is 14.2. The summed E-state index contributed by atoms with van der Waals surface area (Å²) in [4.78, 5) is 25.2. The quantitative estimate of drug-likeness (QED) is 0.293. The van der Waals surface area contributed by atoms with Crippen molar-refractivity contribution >= 4 is 11.9 Å². The number of carbonyl (C=O) groups is 2. The van der Waals surface area contributed by atoms with Crippen molar-refractivity contribution in [2.75, 3.05) is 19.7 Å². The molecule has 0 aromatic carbocycles. The molecule has 0 atom stereocenters. The molecule has 1 aliphatic heterocycles. The number of allylic oxidation sites excluding steroid dienone is 9. The van der Waals surface area contributed by atoms with Gasteiger partial charge < -0.3 is 9.64 Å². The van der Waals surface area contributed by atoms with E-state index in [1.54, 1.807) is 4.90 Å². The van der Waals surface area contributed by atoms with E-state index in [0.717, 1.165) is 18.5 Å². The van der Waals surface area contributed by atoms with Crippen molar-refractivity contribution < 1.29 is 14.3 Å². The summed E-state index contributed by atoms with van der Waals surface area (Å²) >= 11 is 0. The maximum Gasteiger partial charge on any atom is 0.331 e. The number of esters is 1. The molecular formula is C26H37NO3. The smallest absolute Gasteiger partial charge is 0.331 e. The summed E-state index contributed by atoms with van der Waals surface area (Å²) < 4.78 is 5.21. The van der Waals surface area contributed by atoms with E-state index in [0.29, 0.717) is 13.0 Å². The Morgan fingerprint density at radius 3 is 2.57 bits per heavy atom. The number of rotatable bonds is 8. The number of nitrogens with zero attached hydrogens (tertiary/aromatic N) is 1. The van der Waals surface area contributed by atoms with E-state index in [2.05, 4.69) is 39.8 Å². The predicted octanol–water partition coefficient (Wildman–Crippen LogP) is 5.68. The molecule has 0 aromatic rings. The molecule has 0 spiro atoms. The Labute approximate surface area is 182 Å². The maximum absolute atomic E-state index is 11.9. The van der Waals surface area contributed by atoms with Crippen LogP contribution in [-0.4, -0.2) is 36.5 Å². The highest BCUT2D eigenvalue weighted by atomic mass is 16.5. The fourth-order valence-electron chi connectivity index (χ4n) is 4.10. The minimum absolute atomic E-state index is 0.149. The second kappa shape index (κ2) is 11.1. The number of carbonyl (C=O) groups excluding carboxylic acids is 2. The average Bonchev–Trinajstić information content (AvgIpc) is 3.05. The topological polar surface area (TPSA) is 46.6 Å². The van der Waals surface area contributed by atoms with Crippen molar-refractivity contribution in [2.24, 2.45) is 5.41 Å². The molecule has 4 heteroatoms. The lowest BCUT2D eigenvalue weighted by molar-refractivity contribution is -0.140. The van der Waals surface area contributed by atoms with E-state index in [4.69, 9.17) is 4.74 Å². The van der Waals surface area contributed by atoms with E-state index in [9.17, 15) is 9.59 Å². The molecule has 0 unspecified atom stereocenters. The molecule has 164 valence electrons. The molecule has 0 aromatic heterocycles. The highest BCUT2D eigenvalue weighted by Crippen LogP contribution is 2.40. The number of likely N-dealkylation sites (tertiary alicyclic amines) is 1. The Bertz CT molecular complexity index is 793. The first kappa shape index (κ1) is 23.9. The molecule has 0 saturated carbocycles. The number of hydrogen-bond donors (Lipinski definition) is 0. The third-order valence-electron chi connectivity index (χ3n) is 5.90. The predicted molar refractivity (Wildman–Crippen MR) is 123 cm³/mol. The zero-order chi connectivity index (χ0) is 22.1. The molecule has 1 fully saturated rings. The third-order valence-corrected chi connectivity index (χ3v) is 5.90. The molecule has 4 nitrogen and oxygen atoms in total. The highest BCUT2D eigenvalue weighted by molar-refractivity contribution is 5.83. The summed E-state index contributed by atoms with van der Waals surface area (Å²) in [5, 5.41) is 0. The molecular weight excluding hydrogens is 374 g/mol. The van der Waals surface area contributed by atoms with Crippen LogP contribution in [0.1, 0.15) is 66.7 Å². The van der Waals surface area contributed by atoms with Gasteiger partial charge in [-0.3, -0.25) is 4.79 Å². The van der Waals surface area contributed by atoms with Crippen LogP contribution in [0.4, 0.5) is 0 Å². The van der Waals surface area contributed by atoms with Crippen LogP contribution in [0.3, 0.4) is 0 Å². The van der Waals surface area contributed by atoms with Crippen LogP contribution in [0, 0.1) is 5.41 Å². The first-order valence-corrected chi connectivity index (χ1v) is 11.0. The second-order valence-corrected chi connectivity index (χ2v) is 9.07. The van der Waals surface area contributed by atoms with Gasteiger partial charge in [0, 0.05) is 19.0 Å². The molecule has 1 heterocycles. The van der Waals surface area contributed by atoms with Crippen LogP contribution >= 0.6 is 0 Å². The average molecular weight is 412 g/mol. The van der Waals surface area contributed by atoms with E-state index in [1.807, 2.05) is 25.2 Å². The normalized spacial score (nSPS) is 20.7. The van der Waals surface area contributed by atoms with Gasteiger partial charge in [0.05, 0.1) is 6.54 Å². The molecule has 1 amide bonds. The second-order valence-electron chi connectivity index (χ2n) is 9.07. The summed E-state index contributed by atoms with van der Waals surface area (Å²) in [7, 11) is 0. The molecule has 0 N–H and O–H groups in total. The van der Waals surface area contributed by atoms with Crippen molar-refractivity contribution in [3.8, 4) is 0 Å². The van der Waals surface area contributed by atoms with Crippen LogP contribution in [0.2, 0.25) is 0 Å². The monoisotopic (exact) mass is 411 g/mol. The van der Waals surface area contributed by atoms with Crippen molar-refractivity contribution in [1.29, 1.82) is 0 Å². The van der Waals surface area contributed by atoms with E-state index < -0.39 is 0 Å². The van der Waals surface area contributed by atoms with Crippen molar-refractivity contribution in [3.63, 3.8) is 0 Å². The Kier molecular flexibility index (Phi) is 8.88. The molecule has 0 bridgehead atoms. The zero-order valence-electron chi connectivity index (χ0n) is 19.3. The summed E-state index contributed by atoms with van der Waals surface area (Å²) in [6, 6.07) is 0. The third kappa shape index (κ3) is 7.47. The summed E-state index contributed by atoms with van der Waals surface area (Å²) in [5.74, 6) is -0.221. The Morgan fingerprint density at radius 2 is 1.90 bits per heavy atom. The molecule has 0 radical (unpaired) electrons. The van der Waals surface area contributed by atoms with Gasteiger partial charge in [-0.1, -0.05) is 55.4 Å². The van der Waals surface area contributed by atoms with Gasteiger partial charge in [-0.2, -0.15) is 0 Å². The van der Waals surface area contributed by atoms with Gasteiger partial charge in [0.15, 0.2) is 0 Å². The van der Waals surface area contributed by atoms with Crippen molar-refractivity contribution in [2.45, 2.75) is 66.7 Å². The Hall–Kier alpha value is -2.36. The van der Waals surface area contributed by atoms with Gasteiger partial charge in [-0.25, -0.2) is 4.79 Å². The largest absolute Gasteiger partial charge is 0.461 e. The van der Waals surface area contributed by atoms with Gasteiger partial charge in [0.1, 0.15) is 6.61 Å². The lowest BCUT2D eigenvalue weighted by Crippen LogP contribution is -2.29. The fraction of sp³-hybridized carbons (Fsp3) is 0.538. The van der Waals surface area contributed by atoms with Gasteiger partial charge in [0.2, 0.25) is 5.91 Å². The summed E-state index contributed by atoms with van der Waals surface area (Å²) in [5.41, 5.74) is 5.20. The summed E-state index contributed by atoms with van der Waals surface area (Å²) in [6.07, 6.45) is 17.0. The maximum atomic E-state index is 11.9. The van der Waals surface area contributed by atoms with Gasteiger partial charge >= 0.3 is 5.97 Å². The molecule has 2 aliphatic rings. The lowest BCUT2D eigenvalue weighted by Gasteiger charge is -2.32. The molecule has 1 aliphatic carbocycles. The van der Waals surface area contributed by atoms with Crippen molar-refractivity contribution in [3.05, 3.63) is 58.7 Å². The van der Waals surface area contributed by atoms with Crippen LogP contribution in [-0.2, 0) is 14.3 Å². The van der Waals surface area contributed by atoms with E-state index in [1.165, 1.54) is 42.1 Å². The number of amides is 1. The number of ether oxygens (including phenoxy) is 1. The minimum atomic E-state index is -0.369. The molecule has 2 rings (SSSR count). The van der Waals surface area contributed by atoms with E-state index >= 15 is 0 Å². The fourth-order valence-corrected chi connectivity index (χ4v) is 4.10. The minimum Gasteiger partial charge on any atom is -0.461 e. The SMILES string of the molecule is CC(=CC=C/C(C)=C\C(=O)OCCN1CCCC1=O)/C=C/C1=C(C)CCCC1(C)C. The molecule has 1 saturated heterocycles. The first-order valence-electron chi connectivity index (χ1n) is 11.0. The van der Waals surface area contributed by atoms with Gasteiger partial charge in [-0.15, -0.1) is 0 Å². The van der Waals surface area contributed by atoms with Crippen LogP contribution < -0.4 is 0 Å². The van der Waals surface area contributed by atoms with E-state index in [-0.39, 0.29) is 23.9 Å². The highest BCUT2D eigenvalue weighted by Gasteiger charge is 2.26. The molecule has 30 heavy (non-hydrogen) atoms. The van der Waals surface area contributed by atoms with Crippen molar-refractivity contribution in [1.82, 2.24) is 4.90 Å². The Morgan fingerprint density at radius 1 is 1.13 bits per heavy atom. The van der Waals surface area contributed by atoms with Gasteiger partial charge in [-0.05, 0) is 63.0 Å². The summed E-state index contributed by atoms with van der Waals surface area (Å²) in [6.45, 7) is 12.3. The van der Waals surface area contributed by atoms with Gasteiger partial charge in [0.25, 0.3) is 0 Å². The van der Waals surface area contributed by atoms with Crippen LogP contribution in [0.5, 0.6) is 0 Å². The lowest BCUT2D eigenvalue weighted by atomic mass is 9.72. The Balaban J connectivity index is 1.82. The zero-order valence-corrected chi connectivity index (χ0v) is 19.3. The number of hydrogen-bond acceptors (Lipinski definition) is 3.